The minimum Gasteiger partial charge on any atom is -0.495 e. The number of ketones is 1. The second kappa shape index (κ2) is 21.1. The lowest BCUT2D eigenvalue weighted by Gasteiger charge is -2.13. The topological polar surface area (TPSA) is 161 Å². The average molecular weight is 890 g/mol. The third kappa shape index (κ3) is 11.4. The molecule has 3 aromatic heterocycles. The minimum absolute atomic E-state index is 0.198. The summed E-state index contributed by atoms with van der Waals surface area (Å²) < 4.78 is 9.42. The minimum atomic E-state index is -0.313. The van der Waals surface area contributed by atoms with Crippen LogP contribution >= 0.6 is 15.9 Å². The predicted molar refractivity (Wildman–Crippen MR) is 245 cm³/mol. The molecule has 0 atom stereocenters. The van der Waals surface area contributed by atoms with Crippen molar-refractivity contribution in [3.8, 4) is 17.1 Å². The van der Waals surface area contributed by atoms with Gasteiger partial charge < -0.3 is 25.6 Å². The molecule has 15 heteroatoms. The van der Waals surface area contributed by atoms with Crippen molar-refractivity contribution in [2.45, 2.75) is 53.4 Å². The van der Waals surface area contributed by atoms with Gasteiger partial charge in [0, 0.05) is 68.6 Å². The maximum absolute atomic E-state index is 13.1. The largest absolute Gasteiger partial charge is 0.495 e. The number of nitrogens with zero attached hydrogens (tertiary/aromatic N) is 7. The van der Waals surface area contributed by atoms with Crippen LogP contribution in [0.3, 0.4) is 0 Å². The third-order valence-electron chi connectivity index (χ3n) is 9.80. The van der Waals surface area contributed by atoms with Crippen LogP contribution in [-0.4, -0.2) is 73.2 Å². The lowest BCUT2D eigenvalue weighted by Crippen LogP contribution is -2.15. The molecule has 61 heavy (non-hydrogen) atoms. The van der Waals surface area contributed by atoms with E-state index in [1.165, 1.54) is 16.8 Å². The van der Waals surface area contributed by atoms with Crippen molar-refractivity contribution in [1.29, 1.82) is 0 Å². The van der Waals surface area contributed by atoms with Crippen LogP contribution in [0.25, 0.3) is 11.4 Å². The number of aryl methyl sites for hydroxylation is 6. The Morgan fingerprint density at radius 1 is 0.754 bits per heavy atom. The number of aromatic nitrogens is 6. The zero-order valence-corrected chi connectivity index (χ0v) is 37.7. The summed E-state index contributed by atoms with van der Waals surface area (Å²) in [4.78, 5) is 48.8. The summed E-state index contributed by atoms with van der Waals surface area (Å²) in [5, 5.41) is 17.9. The Labute approximate surface area is 365 Å². The van der Waals surface area contributed by atoms with Gasteiger partial charge in [-0.3, -0.25) is 23.7 Å². The van der Waals surface area contributed by atoms with Gasteiger partial charge in [0.05, 0.1) is 24.2 Å². The molecule has 2 amide bonds. The number of nitrogens with one attached hydrogen (secondary N) is 3. The van der Waals surface area contributed by atoms with Crippen molar-refractivity contribution in [2.75, 3.05) is 37.2 Å². The van der Waals surface area contributed by atoms with Crippen molar-refractivity contribution in [3.05, 3.63) is 135 Å². The van der Waals surface area contributed by atoms with E-state index in [0.29, 0.717) is 34.5 Å². The number of anilines is 4. The van der Waals surface area contributed by atoms with E-state index in [4.69, 9.17) is 4.74 Å². The van der Waals surface area contributed by atoms with Gasteiger partial charge in [0.25, 0.3) is 11.8 Å². The number of rotatable bonds is 15. The van der Waals surface area contributed by atoms with Gasteiger partial charge in [-0.15, -0.1) is 0 Å². The predicted octanol–water partition coefficient (Wildman–Crippen LogP) is 8.82. The first-order valence-electron chi connectivity index (χ1n) is 20.1. The molecule has 0 fully saturated rings. The number of amides is 2. The number of para-hydroxylation sites is 2. The lowest BCUT2D eigenvalue weighted by molar-refractivity contribution is 0.101. The van der Waals surface area contributed by atoms with Crippen molar-refractivity contribution in [2.24, 2.45) is 14.1 Å². The highest BCUT2D eigenvalue weighted by molar-refractivity contribution is 9.10. The number of carbonyl (C=O) groups is 3. The fourth-order valence-electron chi connectivity index (χ4n) is 6.54. The molecule has 0 aliphatic carbocycles. The molecule has 0 saturated carbocycles. The highest BCUT2D eigenvalue weighted by Gasteiger charge is 2.20. The number of carbonyl (C=O) groups excluding carboxylic acids is 3. The molecule has 0 aliphatic rings. The van der Waals surface area contributed by atoms with Crippen molar-refractivity contribution in [3.63, 3.8) is 0 Å². The molecule has 14 nitrogen and oxygen atoms in total. The number of hydrogen-bond donors (Lipinski definition) is 3. The first-order chi connectivity index (χ1) is 29.3. The molecule has 6 aromatic rings. The van der Waals surface area contributed by atoms with Gasteiger partial charge in [0.1, 0.15) is 11.4 Å². The molecule has 0 aliphatic heterocycles. The molecule has 6 rings (SSSR count). The molecule has 0 unspecified atom stereocenters. The van der Waals surface area contributed by atoms with E-state index in [2.05, 4.69) is 79.7 Å². The Bertz CT molecular complexity index is 2500. The highest BCUT2D eigenvalue weighted by atomic mass is 79.9. The molecular formula is C46H53BrN10O4. The summed E-state index contributed by atoms with van der Waals surface area (Å²) in [7, 11) is 8.72. The summed E-state index contributed by atoms with van der Waals surface area (Å²) in [6.07, 6.45) is 8.09. The molecule has 0 radical (unpaired) electrons. The molecule has 318 valence electrons. The number of ether oxygens (including phenoxy) is 1. The number of allylic oxidation sites excluding steroid dienone is 1. The van der Waals surface area contributed by atoms with Gasteiger partial charge >= 0.3 is 0 Å². The summed E-state index contributed by atoms with van der Waals surface area (Å²) in [5.41, 5.74) is 9.05. The Kier molecular flexibility index (Phi) is 15.7. The summed E-state index contributed by atoms with van der Waals surface area (Å²) in [6.45, 7) is 8.26. The summed E-state index contributed by atoms with van der Waals surface area (Å²) in [5.74, 6) is 0.295. The lowest BCUT2D eigenvalue weighted by atomic mass is 10.0. The maximum atomic E-state index is 13.1. The zero-order valence-electron chi connectivity index (χ0n) is 36.1. The van der Waals surface area contributed by atoms with Crippen LogP contribution < -0.4 is 20.7 Å². The average Bonchev–Trinajstić information content (AvgIpc) is 3.86. The Hall–Kier alpha value is -6.61. The molecule has 3 heterocycles. The Morgan fingerprint density at radius 2 is 1.30 bits per heavy atom. The SMILES string of the molecule is CCc1cccc(CC)c1NC(=O)c1cc(-c2ccnc(Nc3ccc(Br)cc3OC)n2)n(C)n1.CCc1cccc(CC)c1NC(=O)c1cc(C(=O)/C=C/N(C)C)n(C)n1. The smallest absolute Gasteiger partial charge is 0.276 e. The van der Waals surface area contributed by atoms with Gasteiger partial charge in [-0.25, -0.2) is 9.97 Å². The van der Waals surface area contributed by atoms with Gasteiger partial charge in [-0.1, -0.05) is 80.0 Å². The number of methoxy groups -OCH3 is 1. The van der Waals surface area contributed by atoms with E-state index < -0.39 is 0 Å². The Balaban J connectivity index is 0.000000242. The summed E-state index contributed by atoms with van der Waals surface area (Å²) in [6, 6.07) is 22.8. The number of halogens is 1. The van der Waals surface area contributed by atoms with Crippen LogP contribution in [0.15, 0.2) is 95.7 Å². The maximum Gasteiger partial charge on any atom is 0.276 e. The molecular weight excluding hydrogens is 836 g/mol. The monoisotopic (exact) mass is 888 g/mol. The van der Waals surface area contributed by atoms with E-state index >= 15 is 0 Å². The second-order valence-corrected chi connectivity index (χ2v) is 15.1. The fourth-order valence-corrected chi connectivity index (χ4v) is 6.88. The highest BCUT2D eigenvalue weighted by Crippen LogP contribution is 2.31. The number of hydrogen-bond acceptors (Lipinski definition) is 10. The Morgan fingerprint density at radius 3 is 1.82 bits per heavy atom. The van der Waals surface area contributed by atoms with Gasteiger partial charge in [-0.05, 0) is 78.3 Å². The van der Waals surface area contributed by atoms with Crippen molar-refractivity contribution >= 4 is 56.5 Å². The van der Waals surface area contributed by atoms with Crippen LogP contribution in [0.1, 0.15) is 81.4 Å². The van der Waals surface area contributed by atoms with Crippen molar-refractivity contribution < 1.29 is 19.1 Å². The van der Waals surface area contributed by atoms with E-state index in [-0.39, 0.29) is 23.3 Å². The van der Waals surface area contributed by atoms with Crippen LogP contribution in [0.2, 0.25) is 0 Å². The van der Waals surface area contributed by atoms with Crippen LogP contribution in [0.4, 0.5) is 23.0 Å². The van der Waals surface area contributed by atoms with E-state index in [1.54, 1.807) is 55.3 Å². The second-order valence-electron chi connectivity index (χ2n) is 14.2. The fraction of sp³-hybridized carbons (Fsp3) is 0.283. The first kappa shape index (κ1) is 45.5. The van der Waals surface area contributed by atoms with Gasteiger partial charge in [-0.2, -0.15) is 10.2 Å². The van der Waals surface area contributed by atoms with E-state index in [9.17, 15) is 14.4 Å². The van der Waals surface area contributed by atoms with Crippen LogP contribution in [-0.2, 0) is 39.8 Å². The summed E-state index contributed by atoms with van der Waals surface area (Å²) >= 11 is 3.44. The van der Waals surface area contributed by atoms with E-state index in [0.717, 1.165) is 69.5 Å². The third-order valence-corrected chi connectivity index (χ3v) is 10.3. The zero-order chi connectivity index (χ0) is 44.2. The molecule has 0 saturated heterocycles. The quantitative estimate of drug-likeness (QED) is 0.0672. The molecule has 0 bridgehead atoms. The van der Waals surface area contributed by atoms with E-state index in [1.807, 2.05) is 68.7 Å². The number of benzene rings is 3. The molecule has 3 N–H and O–H groups in total. The van der Waals surface area contributed by atoms with Crippen LogP contribution in [0.5, 0.6) is 5.75 Å². The van der Waals surface area contributed by atoms with Gasteiger partial charge in [0.15, 0.2) is 11.4 Å². The molecule has 3 aromatic carbocycles. The van der Waals surface area contributed by atoms with Gasteiger partial charge in [0.2, 0.25) is 11.7 Å². The molecule has 0 spiro atoms. The standard InChI is InChI=1S/C26H27BrN6O2.C20H26N4O2/c1-5-16-8-7-9-17(6-2)24(16)31-25(34)21-15-22(33(3)32-21)19-12-13-28-26(29-19)30-20-11-10-18(27)14-23(20)35-4;1-6-14-9-8-10-15(7-2)19(14)21-20(26)16-13-17(24(5)22-16)18(25)11-12-23(3)4/h7-15H,5-6H2,1-4H3,(H,31,34)(H,28,29,30);8-13H,6-7H2,1-5H3,(H,21,26)/b;12-11+. The first-order valence-corrected chi connectivity index (χ1v) is 20.8. The van der Waals surface area contributed by atoms with Crippen molar-refractivity contribution in [1.82, 2.24) is 34.4 Å². The van der Waals surface area contributed by atoms with Crippen LogP contribution in [0, 0.1) is 0 Å². The normalized spacial score (nSPS) is 10.9.